The zero-order valence-corrected chi connectivity index (χ0v) is 19.6. The molecular formula is C25H38N4O2. The Morgan fingerprint density at radius 1 is 1.32 bits per heavy atom. The summed E-state index contributed by atoms with van der Waals surface area (Å²) in [7, 11) is 0. The summed E-state index contributed by atoms with van der Waals surface area (Å²) in [5.41, 5.74) is 3.34. The smallest absolute Gasteiger partial charge is 0.261 e. The molecule has 0 spiro atoms. The van der Waals surface area contributed by atoms with Crippen molar-refractivity contribution in [1.82, 2.24) is 10.2 Å². The summed E-state index contributed by atoms with van der Waals surface area (Å²) in [6.45, 7) is 17.7. The molecular weight excluding hydrogens is 388 g/mol. The minimum atomic E-state index is -0.452. The zero-order valence-electron chi connectivity index (χ0n) is 19.6. The number of fused-ring (bicyclic) bond motifs is 1. The SMILES string of the molecule is C=NC(=CCC)CCN1CCN(c2cccc3c2OC(C(=O)NCC(C)C)C3C)CC1. The monoisotopic (exact) mass is 426 g/mol. The van der Waals surface area contributed by atoms with E-state index < -0.39 is 6.10 Å². The molecule has 0 aliphatic carbocycles. The number of piperazine rings is 1. The third kappa shape index (κ3) is 5.67. The average Bonchev–Trinajstić information content (AvgIpc) is 3.12. The molecule has 1 saturated heterocycles. The molecule has 2 atom stereocenters. The first-order valence-electron chi connectivity index (χ1n) is 11.6. The van der Waals surface area contributed by atoms with Crippen LogP contribution in [0.1, 0.15) is 52.0 Å². The Bertz CT molecular complexity index is 797. The molecule has 6 heteroatoms. The molecule has 1 aromatic rings. The van der Waals surface area contributed by atoms with Crippen molar-refractivity contribution < 1.29 is 9.53 Å². The first kappa shape index (κ1) is 23.3. The molecule has 1 amide bonds. The van der Waals surface area contributed by atoms with Crippen LogP contribution in [-0.4, -0.2) is 62.9 Å². The van der Waals surface area contributed by atoms with Crippen LogP contribution in [0.5, 0.6) is 5.75 Å². The van der Waals surface area contributed by atoms with Crippen LogP contribution in [0.3, 0.4) is 0 Å². The van der Waals surface area contributed by atoms with Crippen LogP contribution in [-0.2, 0) is 4.79 Å². The second-order valence-electron chi connectivity index (χ2n) is 9.00. The average molecular weight is 427 g/mol. The lowest BCUT2D eigenvalue weighted by Crippen LogP contribution is -2.46. The number of allylic oxidation sites excluding steroid dienone is 1. The third-order valence-corrected chi connectivity index (χ3v) is 6.20. The molecule has 2 heterocycles. The lowest BCUT2D eigenvalue weighted by atomic mass is 9.96. The number of hydrogen-bond donors (Lipinski definition) is 1. The van der Waals surface area contributed by atoms with Gasteiger partial charge >= 0.3 is 0 Å². The number of benzene rings is 1. The second kappa shape index (κ2) is 10.8. The Morgan fingerprint density at radius 2 is 2.06 bits per heavy atom. The number of carbonyl (C=O) groups is 1. The predicted molar refractivity (Wildman–Crippen MR) is 128 cm³/mol. The molecule has 31 heavy (non-hydrogen) atoms. The number of nitrogens with one attached hydrogen (secondary N) is 1. The Balaban J connectivity index is 1.61. The molecule has 2 aliphatic heterocycles. The van der Waals surface area contributed by atoms with Crippen LogP contribution in [0.4, 0.5) is 5.69 Å². The molecule has 0 bridgehead atoms. The fourth-order valence-corrected chi connectivity index (χ4v) is 4.32. The lowest BCUT2D eigenvalue weighted by Gasteiger charge is -2.36. The molecule has 1 fully saturated rings. The van der Waals surface area contributed by atoms with Gasteiger partial charge in [-0.2, -0.15) is 0 Å². The quantitative estimate of drug-likeness (QED) is 0.610. The maximum Gasteiger partial charge on any atom is 0.261 e. The number of rotatable bonds is 9. The van der Waals surface area contributed by atoms with Gasteiger partial charge in [0.25, 0.3) is 5.91 Å². The molecule has 6 nitrogen and oxygen atoms in total. The maximum absolute atomic E-state index is 12.7. The van der Waals surface area contributed by atoms with Gasteiger partial charge in [-0.1, -0.05) is 45.9 Å². The highest BCUT2D eigenvalue weighted by Gasteiger charge is 2.38. The Kier molecular flexibility index (Phi) is 8.13. The van der Waals surface area contributed by atoms with Crippen molar-refractivity contribution in [3.63, 3.8) is 0 Å². The summed E-state index contributed by atoms with van der Waals surface area (Å²) in [6, 6.07) is 6.31. The molecule has 0 saturated carbocycles. The van der Waals surface area contributed by atoms with Gasteiger partial charge < -0.3 is 15.0 Å². The van der Waals surface area contributed by atoms with Gasteiger partial charge in [0, 0.05) is 62.9 Å². The van der Waals surface area contributed by atoms with E-state index in [0.717, 1.165) is 68.3 Å². The summed E-state index contributed by atoms with van der Waals surface area (Å²) < 4.78 is 6.25. The molecule has 3 rings (SSSR count). The van der Waals surface area contributed by atoms with Crippen LogP contribution in [0.2, 0.25) is 0 Å². The van der Waals surface area contributed by atoms with Gasteiger partial charge in [-0.25, -0.2) is 0 Å². The van der Waals surface area contributed by atoms with Crippen molar-refractivity contribution in [2.24, 2.45) is 10.9 Å². The van der Waals surface area contributed by atoms with Crippen LogP contribution >= 0.6 is 0 Å². The van der Waals surface area contributed by atoms with Gasteiger partial charge in [0.05, 0.1) is 5.69 Å². The summed E-state index contributed by atoms with van der Waals surface area (Å²) in [6.07, 6.45) is 3.65. The van der Waals surface area contributed by atoms with E-state index in [0.29, 0.717) is 12.5 Å². The van der Waals surface area contributed by atoms with E-state index in [-0.39, 0.29) is 11.8 Å². The number of hydrogen-bond acceptors (Lipinski definition) is 5. The summed E-state index contributed by atoms with van der Waals surface area (Å²) in [5, 5.41) is 3.03. The third-order valence-electron chi connectivity index (χ3n) is 6.20. The number of nitrogens with zero attached hydrogens (tertiary/aromatic N) is 3. The van der Waals surface area contributed by atoms with Gasteiger partial charge in [0.1, 0.15) is 5.75 Å². The first-order valence-corrected chi connectivity index (χ1v) is 11.6. The number of anilines is 1. The predicted octanol–water partition coefficient (Wildman–Crippen LogP) is 3.83. The van der Waals surface area contributed by atoms with Crippen LogP contribution in [0, 0.1) is 5.92 Å². The number of carbonyl (C=O) groups excluding carboxylic acids is 1. The summed E-state index contributed by atoms with van der Waals surface area (Å²) in [5.74, 6) is 1.35. The van der Waals surface area contributed by atoms with Crippen molar-refractivity contribution in [1.29, 1.82) is 0 Å². The van der Waals surface area contributed by atoms with Gasteiger partial charge in [0.15, 0.2) is 6.10 Å². The second-order valence-corrected chi connectivity index (χ2v) is 9.00. The number of ether oxygens (including phenoxy) is 1. The van der Waals surface area contributed by atoms with Crippen LogP contribution in [0.25, 0.3) is 0 Å². The van der Waals surface area contributed by atoms with E-state index in [1.54, 1.807) is 0 Å². The van der Waals surface area contributed by atoms with Gasteiger partial charge in [-0.3, -0.25) is 14.7 Å². The fourth-order valence-electron chi connectivity index (χ4n) is 4.32. The molecule has 170 valence electrons. The van der Waals surface area contributed by atoms with E-state index >= 15 is 0 Å². The van der Waals surface area contributed by atoms with E-state index in [2.05, 4.69) is 78.8 Å². The van der Waals surface area contributed by atoms with Crippen molar-refractivity contribution in [2.45, 2.75) is 52.6 Å². The van der Waals surface area contributed by atoms with Crippen LogP contribution in [0.15, 0.2) is 35.0 Å². The van der Waals surface area contributed by atoms with E-state index in [4.69, 9.17) is 4.74 Å². The lowest BCUT2D eigenvalue weighted by molar-refractivity contribution is -0.128. The Labute approximate surface area is 187 Å². The number of para-hydroxylation sites is 1. The fraction of sp³-hybridized carbons (Fsp3) is 0.600. The highest BCUT2D eigenvalue weighted by molar-refractivity contribution is 5.84. The van der Waals surface area contributed by atoms with E-state index in [1.165, 1.54) is 0 Å². The van der Waals surface area contributed by atoms with Crippen molar-refractivity contribution in [2.75, 3.05) is 44.2 Å². The molecule has 0 radical (unpaired) electrons. The first-order chi connectivity index (χ1) is 14.9. The minimum absolute atomic E-state index is 0.0139. The highest BCUT2D eigenvalue weighted by Crippen LogP contribution is 2.44. The number of amides is 1. The van der Waals surface area contributed by atoms with E-state index in [9.17, 15) is 4.79 Å². The highest BCUT2D eigenvalue weighted by atomic mass is 16.5. The van der Waals surface area contributed by atoms with Crippen molar-refractivity contribution in [3.8, 4) is 5.75 Å². The standard InChI is InChI=1S/C25H38N4O2/c1-6-8-20(26-5)11-12-28-13-15-29(16-14-28)22-10-7-9-21-19(4)23(31-24(21)22)25(30)27-17-18(2)3/h7-10,18-19,23H,5-6,11-17H2,1-4H3,(H,27,30). The number of aliphatic imine (C=N–C) groups is 1. The Morgan fingerprint density at radius 3 is 2.71 bits per heavy atom. The molecule has 1 aromatic carbocycles. The van der Waals surface area contributed by atoms with Crippen molar-refractivity contribution >= 4 is 18.3 Å². The minimum Gasteiger partial charge on any atom is -0.477 e. The zero-order chi connectivity index (χ0) is 22.4. The van der Waals surface area contributed by atoms with Crippen molar-refractivity contribution in [3.05, 3.63) is 35.5 Å². The normalized spacial score (nSPS) is 21.7. The molecule has 1 N–H and O–H groups in total. The maximum atomic E-state index is 12.7. The topological polar surface area (TPSA) is 57.2 Å². The Hall–Kier alpha value is -2.34. The molecule has 0 aromatic heterocycles. The van der Waals surface area contributed by atoms with E-state index in [1.807, 2.05) is 0 Å². The van der Waals surface area contributed by atoms with Gasteiger partial charge in [0.2, 0.25) is 0 Å². The summed E-state index contributed by atoms with van der Waals surface area (Å²) >= 11 is 0. The summed E-state index contributed by atoms with van der Waals surface area (Å²) in [4.78, 5) is 21.7. The largest absolute Gasteiger partial charge is 0.477 e. The molecule has 2 unspecified atom stereocenters. The molecule has 2 aliphatic rings. The van der Waals surface area contributed by atoms with Crippen LogP contribution < -0.4 is 15.0 Å². The van der Waals surface area contributed by atoms with Gasteiger partial charge in [-0.15, -0.1) is 0 Å². The van der Waals surface area contributed by atoms with Gasteiger partial charge in [-0.05, 0) is 25.1 Å².